The van der Waals surface area contributed by atoms with Crippen LogP contribution in [0.15, 0.2) is 65.8 Å². The zero-order chi connectivity index (χ0) is 28.2. The van der Waals surface area contributed by atoms with Crippen LogP contribution in [0, 0.1) is 11.6 Å². The van der Waals surface area contributed by atoms with E-state index in [0.29, 0.717) is 58.8 Å². The lowest BCUT2D eigenvalue weighted by atomic mass is 10.1. The average Bonchev–Trinajstić information content (AvgIpc) is 3.42. The highest BCUT2D eigenvalue weighted by molar-refractivity contribution is 6.54. The summed E-state index contributed by atoms with van der Waals surface area (Å²) in [5.74, 6) is -1.32. The minimum Gasteiger partial charge on any atom is -0.465 e. The Hall–Kier alpha value is -4.64. The molecule has 2 heterocycles. The summed E-state index contributed by atoms with van der Waals surface area (Å²) in [5, 5.41) is 4.06. The first-order chi connectivity index (χ1) is 19.4. The van der Waals surface area contributed by atoms with Gasteiger partial charge in [0.15, 0.2) is 5.71 Å². The highest BCUT2D eigenvalue weighted by Gasteiger charge is 2.36. The maximum atomic E-state index is 14.2. The van der Waals surface area contributed by atoms with E-state index in [-0.39, 0.29) is 18.9 Å². The fourth-order valence-corrected chi connectivity index (χ4v) is 4.58. The number of methoxy groups -OCH3 is 2. The van der Waals surface area contributed by atoms with Crippen molar-refractivity contribution in [1.82, 2.24) is 9.55 Å². The summed E-state index contributed by atoms with van der Waals surface area (Å²) < 4.78 is 40.0. The van der Waals surface area contributed by atoms with Crippen LogP contribution in [-0.4, -0.2) is 48.0 Å². The standard InChI is InChI=1S/C29H26F2N4O5/c1-38-13-3-12-34-25-15-21(31)8-10-23(25)32-26(34)16-35-24-11-9-20(30)14-22(24)27(28(35)36)33-40-17-18-4-6-19(7-5-18)29(37)39-2/h4-11,14-15H,3,12-13,16-17H2,1-2H3. The molecule has 9 nitrogen and oxygen atoms in total. The molecular weight excluding hydrogens is 522 g/mol. The fourth-order valence-electron chi connectivity index (χ4n) is 4.58. The average molecular weight is 549 g/mol. The van der Waals surface area contributed by atoms with E-state index in [1.807, 2.05) is 4.57 Å². The fraction of sp³-hybridized carbons (Fsp3) is 0.241. The maximum Gasteiger partial charge on any atom is 0.337 e. The number of esters is 1. The van der Waals surface area contributed by atoms with Gasteiger partial charge in [-0.1, -0.05) is 17.3 Å². The first kappa shape index (κ1) is 26.9. The number of rotatable bonds is 10. The molecule has 0 atom stereocenters. The third-order valence-corrected chi connectivity index (χ3v) is 6.53. The van der Waals surface area contributed by atoms with E-state index >= 15 is 0 Å². The molecule has 1 amide bonds. The summed E-state index contributed by atoms with van der Waals surface area (Å²) in [7, 11) is 2.90. The lowest BCUT2D eigenvalue weighted by molar-refractivity contribution is -0.112. The van der Waals surface area contributed by atoms with Gasteiger partial charge in [0, 0.05) is 25.8 Å². The Morgan fingerprint density at radius 2 is 1.75 bits per heavy atom. The smallest absolute Gasteiger partial charge is 0.337 e. The third-order valence-electron chi connectivity index (χ3n) is 6.53. The SMILES string of the molecule is COCCCn1c(CN2C(=O)C(=NOCc3ccc(C(=O)OC)cc3)c3cc(F)ccc32)nc2ccc(F)cc21. The second-order valence-electron chi connectivity index (χ2n) is 9.11. The van der Waals surface area contributed by atoms with Crippen molar-refractivity contribution in [3.8, 4) is 0 Å². The van der Waals surface area contributed by atoms with Crippen molar-refractivity contribution in [3.63, 3.8) is 0 Å². The predicted molar refractivity (Wildman–Crippen MR) is 143 cm³/mol. The molecule has 0 bridgehead atoms. The van der Waals surface area contributed by atoms with E-state index in [1.165, 1.54) is 42.3 Å². The molecule has 1 aliphatic rings. The van der Waals surface area contributed by atoms with Crippen LogP contribution in [0.25, 0.3) is 11.0 Å². The third kappa shape index (κ3) is 5.41. The van der Waals surface area contributed by atoms with Crippen LogP contribution in [0.5, 0.6) is 0 Å². The van der Waals surface area contributed by atoms with Crippen molar-refractivity contribution < 1.29 is 32.7 Å². The van der Waals surface area contributed by atoms with Gasteiger partial charge in [-0.15, -0.1) is 0 Å². The molecule has 0 saturated heterocycles. The number of ether oxygens (including phenoxy) is 2. The predicted octanol–water partition coefficient (Wildman–Crippen LogP) is 4.61. The zero-order valence-electron chi connectivity index (χ0n) is 21.9. The first-order valence-corrected chi connectivity index (χ1v) is 12.5. The molecule has 1 aromatic heterocycles. The zero-order valence-corrected chi connectivity index (χ0v) is 21.9. The lowest BCUT2D eigenvalue weighted by Gasteiger charge is -2.18. The molecule has 0 N–H and O–H groups in total. The highest BCUT2D eigenvalue weighted by atomic mass is 19.1. The van der Waals surface area contributed by atoms with E-state index in [4.69, 9.17) is 14.3 Å². The molecule has 0 radical (unpaired) electrons. The van der Waals surface area contributed by atoms with Crippen LogP contribution < -0.4 is 4.90 Å². The molecule has 40 heavy (non-hydrogen) atoms. The van der Waals surface area contributed by atoms with Crippen LogP contribution in [0.3, 0.4) is 0 Å². The molecule has 0 aliphatic carbocycles. The molecule has 4 aromatic rings. The van der Waals surface area contributed by atoms with Crippen LogP contribution in [0.2, 0.25) is 0 Å². The number of fused-ring (bicyclic) bond motifs is 2. The molecule has 5 rings (SSSR count). The normalized spacial score (nSPS) is 13.8. The summed E-state index contributed by atoms with van der Waals surface area (Å²) in [4.78, 5) is 36.7. The van der Waals surface area contributed by atoms with Gasteiger partial charge < -0.3 is 18.9 Å². The van der Waals surface area contributed by atoms with Gasteiger partial charge >= 0.3 is 5.97 Å². The number of amides is 1. The van der Waals surface area contributed by atoms with Crippen molar-refractivity contribution in [2.45, 2.75) is 26.1 Å². The van der Waals surface area contributed by atoms with E-state index in [1.54, 1.807) is 37.4 Å². The number of nitrogens with zero attached hydrogens (tertiary/aromatic N) is 4. The van der Waals surface area contributed by atoms with Gasteiger partial charge in [-0.2, -0.15) is 0 Å². The van der Waals surface area contributed by atoms with Crippen LogP contribution in [-0.2, 0) is 38.8 Å². The number of aryl methyl sites for hydroxylation is 1. The molecule has 206 valence electrons. The van der Waals surface area contributed by atoms with Gasteiger partial charge in [-0.05, 0) is 60.5 Å². The summed E-state index contributed by atoms with van der Waals surface area (Å²) >= 11 is 0. The molecule has 0 fully saturated rings. The Kier molecular flexibility index (Phi) is 7.83. The second kappa shape index (κ2) is 11.6. The molecule has 11 heteroatoms. The van der Waals surface area contributed by atoms with Gasteiger partial charge in [0.25, 0.3) is 5.91 Å². The lowest BCUT2D eigenvalue weighted by Crippen LogP contribution is -2.31. The quantitative estimate of drug-likeness (QED) is 0.163. The minimum absolute atomic E-state index is 0.0176. The van der Waals surface area contributed by atoms with Crippen molar-refractivity contribution in [3.05, 3.63) is 94.8 Å². The summed E-state index contributed by atoms with van der Waals surface area (Å²) in [5.41, 5.74) is 2.99. The van der Waals surface area contributed by atoms with Crippen molar-refractivity contribution >= 4 is 34.3 Å². The van der Waals surface area contributed by atoms with Gasteiger partial charge in [0.1, 0.15) is 24.1 Å². The number of carbonyl (C=O) groups is 2. The summed E-state index contributed by atoms with van der Waals surface area (Å²) in [6, 6.07) is 14.9. The van der Waals surface area contributed by atoms with E-state index in [9.17, 15) is 18.4 Å². The number of halogens is 2. The number of oxime groups is 1. The number of hydrogen-bond acceptors (Lipinski definition) is 7. The Morgan fingerprint density at radius 1 is 1.00 bits per heavy atom. The maximum absolute atomic E-state index is 14.2. The van der Waals surface area contributed by atoms with Crippen molar-refractivity contribution in [1.29, 1.82) is 0 Å². The van der Waals surface area contributed by atoms with Crippen molar-refractivity contribution in [2.75, 3.05) is 25.7 Å². The summed E-state index contributed by atoms with van der Waals surface area (Å²) in [6.45, 7) is 1.07. The molecule has 0 saturated carbocycles. The molecular formula is C29H26F2N4O5. The Labute approximate surface area is 228 Å². The van der Waals surface area contributed by atoms with Gasteiger partial charge in [-0.3, -0.25) is 9.69 Å². The number of aromatic nitrogens is 2. The molecule has 3 aromatic carbocycles. The Morgan fingerprint density at radius 3 is 2.50 bits per heavy atom. The topological polar surface area (TPSA) is 95.2 Å². The second-order valence-corrected chi connectivity index (χ2v) is 9.11. The largest absolute Gasteiger partial charge is 0.465 e. The van der Waals surface area contributed by atoms with Crippen LogP contribution in [0.4, 0.5) is 14.5 Å². The van der Waals surface area contributed by atoms with E-state index < -0.39 is 23.5 Å². The number of hydrogen-bond donors (Lipinski definition) is 0. The number of benzene rings is 3. The monoisotopic (exact) mass is 548 g/mol. The van der Waals surface area contributed by atoms with E-state index in [0.717, 1.165) is 0 Å². The Balaban J connectivity index is 1.41. The Bertz CT molecular complexity index is 1600. The molecule has 1 aliphatic heterocycles. The van der Waals surface area contributed by atoms with Crippen molar-refractivity contribution in [2.24, 2.45) is 5.16 Å². The summed E-state index contributed by atoms with van der Waals surface area (Å²) in [6.07, 6.45) is 0.655. The number of imidazole rings is 1. The van der Waals surface area contributed by atoms with Gasteiger partial charge in [0.2, 0.25) is 0 Å². The highest BCUT2D eigenvalue weighted by Crippen LogP contribution is 2.32. The first-order valence-electron chi connectivity index (χ1n) is 12.5. The van der Waals surface area contributed by atoms with Crippen LogP contribution in [0.1, 0.15) is 33.7 Å². The van der Waals surface area contributed by atoms with Crippen LogP contribution >= 0.6 is 0 Å². The molecule has 0 unspecified atom stereocenters. The number of carbonyl (C=O) groups excluding carboxylic acids is 2. The van der Waals surface area contributed by atoms with E-state index in [2.05, 4.69) is 10.1 Å². The van der Waals surface area contributed by atoms with Gasteiger partial charge in [0.05, 0.1) is 35.9 Å². The van der Waals surface area contributed by atoms with Gasteiger partial charge in [-0.25, -0.2) is 18.6 Å². The minimum atomic E-state index is -0.526. The molecule has 0 spiro atoms. The number of anilines is 1.